The standard InChI is InChI=1S/C10H14N2O2/c1-11-9-7-8(5-6-12-9)3-2-4-10(13)14/h5-7H,2-4H2,1H3,(H,11,12)(H,13,14). The Labute approximate surface area is 83.0 Å². The number of aromatic nitrogens is 1. The molecule has 0 saturated carbocycles. The Morgan fingerprint density at radius 2 is 2.43 bits per heavy atom. The van der Waals surface area contributed by atoms with Gasteiger partial charge in [-0.05, 0) is 30.5 Å². The molecule has 0 bridgehead atoms. The average Bonchev–Trinajstić information content (AvgIpc) is 2.18. The van der Waals surface area contributed by atoms with Gasteiger partial charge in [-0.2, -0.15) is 0 Å². The number of hydrogen-bond donors (Lipinski definition) is 2. The molecule has 0 radical (unpaired) electrons. The van der Waals surface area contributed by atoms with E-state index in [-0.39, 0.29) is 6.42 Å². The van der Waals surface area contributed by atoms with Gasteiger partial charge in [0.2, 0.25) is 0 Å². The number of rotatable bonds is 5. The number of anilines is 1. The third-order valence-electron chi connectivity index (χ3n) is 1.94. The summed E-state index contributed by atoms with van der Waals surface area (Å²) in [6, 6.07) is 3.84. The van der Waals surface area contributed by atoms with Crippen LogP contribution in [0.1, 0.15) is 18.4 Å². The molecule has 1 heterocycles. The summed E-state index contributed by atoms with van der Waals surface area (Å²) in [6.45, 7) is 0. The minimum atomic E-state index is -0.743. The van der Waals surface area contributed by atoms with E-state index >= 15 is 0 Å². The molecule has 0 atom stereocenters. The highest BCUT2D eigenvalue weighted by Gasteiger charge is 1.99. The van der Waals surface area contributed by atoms with Crippen LogP contribution in [-0.4, -0.2) is 23.1 Å². The van der Waals surface area contributed by atoms with Crippen LogP contribution in [0.5, 0.6) is 0 Å². The topological polar surface area (TPSA) is 62.2 Å². The second kappa shape index (κ2) is 5.21. The third-order valence-corrected chi connectivity index (χ3v) is 1.94. The lowest BCUT2D eigenvalue weighted by Gasteiger charge is -2.02. The second-order valence-corrected chi connectivity index (χ2v) is 3.05. The lowest BCUT2D eigenvalue weighted by atomic mass is 10.1. The van der Waals surface area contributed by atoms with Crippen molar-refractivity contribution >= 4 is 11.8 Å². The molecule has 0 aromatic carbocycles. The smallest absolute Gasteiger partial charge is 0.303 e. The van der Waals surface area contributed by atoms with Crippen molar-refractivity contribution in [2.75, 3.05) is 12.4 Å². The van der Waals surface area contributed by atoms with Crippen molar-refractivity contribution in [1.82, 2.24) is 4.98 Å². The monoisotopic (exact) mass is 194 g/mol. The molecular weight excluding hydrogens is 180 g/mol. The zero-order valence-electron chi connectivity index (χ0n) is 8.16. The van der Waals surface area contributed by atoms with Crippen LogP contribution in [0.25, 0.3) is 0 Å². The molecule has 1 aromatic heterocycles. The number of hydrogen-bond acceptors (Lipinski definition) is 3. The van der Waals surface area contributed by atoms with Gasteiger partial charge in [0.15, 0.2) is 0 Å². The highest BCUT2D eigenvalue weighted by molar-refractivity contribution is 5.66. The summed E-state index contributed by atoms with van der Waals surface area (Å²) in [5.74, 6) is 0.0747. The van der Waals surface area contributed by atoms with Crippen LogP contribution in [0.4, 0.5) is 5.82 Å². The molecule has 0 fully saturated rings. The molecule has 4 heteroatoms. The first-order valence-electron chi connectivity index (χ1n) is 4.57. The van der Waals surface area contributed by atoms with E-state index in [4.69, 9.17) is 5.11 Å². The SMILES string of the molecule is CNc1cc(CCCC(=O)O)ccn1. The molecule has 0 aliphatic carbocycles. The van der Waals surface area contributed by atoms with Crippen molar-refractivity contribution in [3.05, 3.63) is 23.9 Å². The van der Waals surface area contributed by atoms with Crippen LogP contribution < -0.4 is 5.32 Å². The summed E-state index contributed by atoms with van der Waals surface area (Å²) in [4.78, 5) is 14.4. The molecule has 0 amide bonds. The lowest BCUT2D eigenvalue weighted by molar-refractivity contribution is -0.137. The van der Waals surface area contributed by atoms with Gasteiger partial charge in [-0.3, -0.25) is 4.79 Å². The van der Waals surface area contributed by atoms with Gasteiger partial charge in [-0.15, -0.1) is 0 Å². The number of aryl methyl sites for hydroxylation is 1. The van der Waals surface area contributed by atoms with Crippen molar-refractivity contribution in [1.29, 1.82) is 0 Å². The fourth-order valence-corrected chi connectivity index (χ4v) is 1.21. The molecule has 4 nitrogen and oxygen atoms in total. The first kappa shape index (κ1) is 10.5. The Hall–Kier alpha value is -1.58. The first-order chi connectivity index (χ1) is 6.72. The van der Waals surface area contributed by atoms with Crippen LogP contribution in [0.3, 0.4) is 0 Å². The van der Waals surface area contributed by atoms with Crippen LogP contribution in [0, 0.1) is 0 Å². The third kappa shape index (κ3) is 3.43. The number of pyridine rings is 1. The molecule has 1 aromatic rings. The summed E-state index contributed by atoms with van der Waals surface area (Å²) in [6.07, 6.45) is 3.39. The predicted octanol–water partition coefficient (Wildman–Crippen LogP) is 1.53. The van der Waals surface area contributed by atoms with Gasteiger partial charge in [-0.25, -0.2) is 4.98 Å². The van der Waals surface area contributed by atoms with Gasteiger partial charge in [0, 0.05) is 19.7 Å². The Kier molecular flexibility index (Phi) is 3.91. The summed E-state index contributed by atoms with van der Waals surface area (Å²) in [5.41, 5.74) is 1.12. The largest absolute Gasteiger partial charge is 0.481 e. The van der Waals surface area contributed by atoms with Gasteiger partial charge in [-0.1, -0.05) is 0 Å². The van der Waals surface area contributed by atoms with Crippen LogP contribution in [-0.2, 0) is 11.2 Å². The summed E-state index contributed by atoms with van der Waals surface area (Å²) in [5, 5.41) is 11.4. The fraction of sp³-hybridized carbons (Fsp3) is 0.400. The van der Waals surface area contributed by atoms with E-state index in [1.54, 1.807) is 6.20 Å². The molecule has 1 rings (SSSR count). The number of nitrogens with zero attached hydrogens (tertiary/aromatic N) is 1. The number of carbonyl (C=O) groups is 1. The van der Waals surface area contributed by atoms with E-state index < -0.39 is 5.97 Å². The van der Waals surface area contributed by atoms with Crippen molar-refractivity contribution in [2.24, 2.45) is 0 Å². The fourth-order valence-electron chi connectivity index (χ4n) is 1.21. The van der Waals surface area contributed by atoms with E-state index in [1.165, 1.54) is 0 Å². The Balaban J connectivity index is 2.46. The molecule has 76 valence electrons. The summed E-state index contributed by atoms with van der Waals surface area (Å²) in [7, 11) is 1.81. The number of carboxylic acid groups (broad SMARTS) is 1. The zero-order chi connectivity index (χ0) is 10.4. The zero-order valence-corrected chi connectivity index (χ0v) is 8.16. The van der Waals surface area contributed by atoms with Crippen molar-refractivity contribution < 1.29 is 9.90 Å². The normalized spacial score (nSPS) is 9.79. The number of carboxylic acids is 1. The number of nitrogens with one attached hydrogen (secondary N) is 1. The summed E-state index contributed by atoms with van der Waals surface area (Å²) >= 11 is 0. The first-order valence-corrected chi connectivity index (χ1v) is 4.57. The summed E-state index contributed by atoms with van der Waals surface area (Å²) < 4.78 is 0. The minimum Gasteiger partial charge on any atom is -0.481 e. The van der Waals surface area contributed by atoms with Crippen molar-refractivity contribution in [2.45, 2.75) is 19.3 Å². The molecule has 2 N–H and O–H groups in total. The predicted molar refractivity (Wildman–Crippen MR) is 54.4 cm³/mol. The van der Waals surface area contributed by atoms with E-state index in [9.17, 15) is 4.79 Å². The Bertz CT molecular complexity index is 313. The molecule has 0 aliphatic rings. The number of aliphatic carboxylic acids is 1. The van der Waals surface area contributed by atoms with E-state index in [0.29, 0.717) is 6.42 Å². The van der Waals surface area contributed by atoms with Crippen LogP contribution in [0.2, 0.25) is 0 Å². The Morgan fingerprint density at radius 3 is 3.07 bits per heavy atom. The van der Waals surface area contributed by atoms with Gasteiger partial charge in [0.05, 0.1) is 0 Å². The van der Waals surface area contributed by atoms with E-state index in [0.717, 1.165) is 17.8 Å². The molecule has 0 spiro atoms. The highest BCUT2D eigenvalue weighted by atomic mass is 16.4. The van der Waals surface area contributed by atoms with Gasteiger partial charge in [0.1, 0.15) is 5.82 Å². The second-order valence-electron chi connectivity index (χ2n) is 3.05. The molecule has 14 heavy (non-hydrogen) atoms. The van der Waals surface area contributed by atoms with Crippen LogP contribution >= 0.6 is 0 Å². The van der Waals surface area contributed by atoms with Crippen molar-refractivity contribution in [3.63, 3.8) is 0 Å². The van der Waals surface area contributed by atoms with E-state index in [2.05, 4.69) is 10.3 Å². The van der Waals surface area contributed by atoms with E-state index in [1.807, 2.05) is 19.2 Å². The maximum atomic E-state index is 10.3. The van der Waals surface area contributed by atoms with Gasteiger partial charge >= 0.3 is 5.97 Å². The van der Waals surface area contributed by atoms with Gasteiger partial charge < -0.3 is 10.4 Å². The average molecular weight is 194 g/mol. The van der Waals surface area contributed by atoms with Crippen molar-refractivity contribution in [3.8, 4) is 0 Å². The highest BCUT2D eigenvalue weighted by Crippen LogP contribution is 2.09. The van der Waals surface area contributed by atoms with Gasteiger partial charge in [0.25, 0.3) is 0 Å². The molecule has 0 saturated heterocycles. The molecule has 0 aliphatic heterocycles. The molecular formula is C10H14N2O2. The maximum Gasteiger partial charge on any atom is 0.303 e. The Morgan fingerprint density at radius 1 is 1.64 bits per heavy atom. The van der Waals surface area contributed by atoms with Crippen LogP contribution in [0.15, 0.2) is 18.3 Å². The lowest BCUT2D eigenvalue weighted by Crippen LogP contribution is -1.97. The maximum absolute atomic E-state index is 10.3. The quantitative estimate of drug-likeness (QED) is 0.746. The minimum absolute atomic E-state index is 0.219. The molecule has 0 unspecified atom stereocenters.